The first-order valence-electron chi connectivity index (χ1n) is 10.8. The maximum Gasteiger partial charge on any atom is 0.265 e. The van der Waals surface area contributed by atoms with Crippen molar-refractivity contribution >= 4 is 68.2 Å². The second-order valence-corrected chi connectivity index (χ2v) is 9.57. The number of hydrogen-bond acceptors (Lipinski definition) is 9. The molecular weight excluding hydrogens is 529 g/mol. The monoisotopic (exact) mass is 551 g/mol. The standard InChI is InChI=1S/C23H23Cl2N5O5S/c1-4-18(31)27-11-5-6-35-10-13(11)29-23-26-9-17-12(28-23)7-16(36-17)22(32)30-21-19(24)14(33-2)8-15(34-3)20(21)25/h4,7-9,11,13H,1,5-6,10H2,2-3H3,(H,27,31)(H,30,32)(H,26,28,29). The molecule has 0 spiro atoms. The fourth-order valence-corrected chi connectivity index (χ4v) is 5.11. The van der Waals surface area contributed by atoms with E-state index < -0.39 is 5.91 Å². The molecular formula is C23H23Cl2N5O5S. The molecule has 2 amide bonds. The predicted molar refractivity (Wildman–Crippen MR) is 140 cm³/mol. The Hall–Kier alpha value is -3.12. The Morgan fingerprint density at radius 2 is 1.92 bits per heavy atom. The first kappa shape index (κ1) is 26.0. The SMILES string of the molecule is C=CC(=O)NC1CCOCC1Nc1ncc2sc(C(=O)Nc3c(Cl)c(OC)cc(OC)c3Cl)cc2n1. The van der Waals surface area contributed by atoms with Gasteiger partial charge in [-0.2, -0.15) is 0 Å². The summed E-state index contributed by atoms with van der Waals surface area (Å²) in [6.45, 7) is 4.41. The van der Waals surface area contributed by atoms with Crippen LogP contribution in [0, 0.1) is 0 Å². The van der Waals surface area contributed by atoms with Crippen molar-refractivity contribution in [2.45, 2.75) is 18.5 Å². The van der Waals surface area contributed by atoms with E-state index in [2.05, 4.69) is 32.5 Å². The molecule has 10 nitrogen and oxygen atoms in total. The van der Waals surface area contributed by atoms with Gasteiger partial charge in [0, 0.05) is 12.7 Å². The first-order chi connectivity index (χ1) is 17.3. The lowest BCUT2D eigenvalue weighted by atomic mass is 10.0. The molecule has 1 aliphatic heterocycles. The Labute approximate surface area is 220 Å². The number of halogens is 2. The van der Waals surface area contributed by atoms with E-state index in [-0.39, 0.29) is 33.7 Å². The maximum absolute atomic E-state index is 13.0. The summed E-state index contributed by atoms with van der Waals surface area (Å²) < 4.78 is 16.8. The number of nitrogens with zero attached hydrogens (tertiary/aromatic N) is 2. The van der Waals surface area contributed by atoms with Crippen molar-refractivity contribution in [3.8, 4) is 11.5 Å². The summed E-state index contributed by atoms with van der Waals surface area (Å²) in [6, 6.07) is 2.79. The van der Waals surface area contributed by atoms with Gasteiger partial charge in [0.2, 0.25) is 11.9 Å². The number of anilines is 2. The van der Waals surface area contributed by atoms with Crippen molar-refractivity contribution in [3.63, 3.8) is 0 Å². The van der Waals surface area contributed by atoms with Crippen LogP contribution in [-0.4, -0.2) is 61.3 Å². The van der Waals surface area contributed by atoms with E-state index in [1.165, 1.54) is 37.7 Å². The highest BCUT2D eigenvalue weighted by Gasteiger charge is 2.27. The summed E-state index contributed by atoms with van der Waals surface area (Å²) in [7, 11) is 2.90. The molecule has 3 heterocycles. The van der Waals surface area contributed by atoms with Crippen LogP contribution in [0.25, 0.3) is 10.2 Å². The zero-order chi connectivity index (χ0) is 25.8. The fourth-order valence-electron chi connectivity index (χ4n) is 3.65. The van der Waals surface area contributed by atoms with Crippen LogP contribution < -0.4 is 25.4 Å². The van der Waals surface area contributed by atoms with Gasteiger partial charge in [0.05, 0.1) is 59.9 Å². The van der Waals surface area contributed by atoms with Crippen LogP contribution in [0.4, 0.5) is 11.6 Å². The number of rotatable bonds is 8. The number of thiophene rings is 1. The summed E-state index contributed by atoms with van der Waals surface area (Å²) in [5.74, 6) is 0.275. The zero-order valence-corrected chi connectivity index (χ0v) is 21.7. The highest BCUT2D eigenvalue weighted by molar-refractivity contribution is 7.20. The second-order valence-electron chi connectivity index (χ2n) is 7.73. The Morgan fingerprint density at radius 1 is 1.19 bits per heavy atom. The number of ether oxygens (including phenoxy) is 3. The molecule has 2 unspecified atom stereocenters. The minimum Gasteiger partial charge on any atom is -0.495 e. The summed E-state index contributed by atoms with van der Waals surface area (Å²) in [5.41, 5.74) is 0.752. The van der Waals surface area contributed by atoms with Gasteiger partial charge in [0.15, 0.2) is 0 Å². The summed E-state index contributed by atoms with van der Waals surface area (Å²) in [4.78, 5) is 34.1. The predicted octanol–water partition coefficient (Wildman–Crippen LogP) is 4.14. The fraction of sp³-hybridized carbons (Fsp3) is 0.304. The number of methoxy groups -OCH3 is 2. The van der Waals surface area contributed by atoms with Crippen molar-refractivity contribution in [2.75, 3.05) is 38.1 Å². The van der Waals surface area contributed by atoms with Crippen molar-refractivity contribution in [3.05, 3.63) is 45.9 Å². The molecule has 0 saturated carbocycles. The van der Waals surface area contributed by atoms with Crippen molar-refractivity contribution < 1.29 is 23.8 Å². The van der Waals surface area contributed by atoms with Gasteiger partial charge in [-0.25, -0.2) is 9.97 Å². The third kappa shape index (κ3) is 5.49. The molecule has 13 heteroatoms. The normalized spacial score (nSPS) is 17.3. The highest BCUT2D eigenvalue weighted by Crippen LogP contribution is 2.44. The van der Waals surface area contributed by atoms with Crippen molar-refractivity contribution in [2.24, 2.45) is 0 Å². The topological polar surface area (TPSA) is 124 Å². The van der Waals surface area contributed by atoms with Gasteiger partial charge < -0.3 is 30.2 Å². The molecule has 190 valence electrons. The molecule has 0 aliphatic carbocycles. The van der Waals surface area contributed by atoms with E-state index in [1.807, 2.05) is 0 Å². The van der Waals surface area contributed by atoms with Crippen LogP contribution in [0.15, 0.2) is 31.0 Å². The zero-order valence-electron chi connectivity index (χ0n) is 19.4. The van der Waals surface area contributed by atoms with Gasteiger partial charge in [0.25, 0.3) is 5.91 Å². The number of amides is 2. The summed E-state index contributed by atoms with van der Waals surface area (Å²) >= 11 is 14.0. The van der Waals surface area contributed by atoms with Gasteiger partial charge in [0.1, 0.15) is 21.5 Å². The Morgan fingerprint density at radius 3 is 2.58 bits per heavy atom. The van der Waals surface area contributed by atoms with E-state index in [0.29, 0.717) is 52.2 Å². The van der Waals surface area contributed by atoms with Crippen LogP contribution in [0.1, 0.15) is 16.1 Å². The van der Waals surface area contributed by atoms with Gasteiger partial charge >= 0.3 is 0 Å². The van der Waals surface area contributed by atoms with E-state index in [4.69, 9.17) is 37.4 Å². The lowest BCUT2D eigenvalue weighted by molar-refractivity contribution is -0.117. The summed E-state index contributed by atoms with van der Waals surface area (Å²) in [6.07, 6.45) is 3.50. The molecule has 3 N–H and O–H groups in total. The number of aromatic nitrogens is 2. The maximum atomic E-state index is 13.0. The first-order valence-corrected chi connectivity index (χ1v) is 12.4. The molecule has 0 radical (unpaired) electrons. The minimum absolute atomic E-state index is 0.150. The average Bonchev–Trinajstić information content (AvgIpc) is 3.31. The van der Waals surface area contributed by atoms with Crippen LogP contribution in [0.2, 0.25) is 10.0 Å². The Balaban J connectivity index is 1.54. The second kappa shape index (κ2) is 11.3. The van der Waals surface area contributed by atoms with Gasteiger partial charge in [-0.1, -0.05) is 29.8 Å². The molecule has 1 aliphatic rings. The van der Waals surface area contributed by atoms with E-state index in [9.17, 15) is 9.59 Å². The molecule has 2 atom stereocenters. The molecule has 2 aromatic heterocycles. The van der Waals surface area contributed by atoms with Crippen LogP contribution in [0.3, 0.4) is 0 Å². The third-order valence-electron chi connectivity index (χ3n) is 5.49. The molecule has 1 fully saturated rings. The Bertz CT molecular complexity index is 1290. The lowest BCUT2D eigenvalue weighted by Crippen LogP contribution is -2.52. The minimum atomic E-state index is -0.431. The number of benzene rings is 1. The quantitative estimate of drug-likeness (QED) is 0.357. The van der Waals surface area contributed by atoms with E-state index in [0.717, 1.165) is 0 Å². The number of fused-ring (bicyclic) bond motifs is 1. The molecule has 1 aromatic carbocycles. The van der Waals surface area contributed by atoms with E-state index in [1.54, 1.807) is 12.3 Å². The van der Waals surface area contributed by atoms with Gasteiger partial charge in [-0.3, -0.25) is 9.59 Å². The largest absolute Gasteiger partial charge is 0.495 e. The molecule has 3 aromatic rings. The van der Waals surface area contributed by atoms with Crippen LogP contribution in [-0.2, 0) is 9.53 Å². The lowest BCUT2D eigenvalue weighted by Gasteiger charge is -2.32. The smallest absolute Gasteiger partial charge is 0.265 e. The van der Waals surface area contributed by atoms with Crippen LogP contribution in [0.5, 0.6) is 11.5 Å². The number of nitrogens with one attached hydrogen (secondary N) is 3. The molecule has 4 rings (SSSR count). The number of hydrogen-bond donors (Lipinski definition) is 3. The molecule has 1 saturated heterocycles. The molecule has 0 bridgehead atoms. The van der Waals surface area contributed by atoms with Gasteiger partial charge in [-0.05, 0) is 18.6 Å². The average molecular weight is 552 g/mol. The summed E-state index contributed by atoms with van der Waals surface area (Å²) in [5, 5.41) is 9.15. The van der Waals surface area contributed by atoms with Gasteiger partial charge in [-0.15, -0.1) is 11.3 Å². The Kier molecular flexibility index (Phi) is 8.14. The van der Waals surface area contributed by atoms with Crippen LogP contribution >= 0.6 is 34.5 Å². The van der Waals surface area contributed by atoms with Crippen molar-refractivity contribution in [1.82, 2.24) is 15.3 Å². The van der Waals surface area contributed by atoms with E-state index >= 15 is 0 Å². The van der Waals surface area contributed by atoms with Crippen molar-refractivity contribution in [1.29, 1.82) is 0 Å². The number of carbonyl (C=O) groups is 2. The number of carbonyl (C=O) groups excluding carboxylic acids is 2. The highest BCUT2D eigenvalue weighted by atomic mass is 35.5. The molecule has 36 heavy (non-hydrogen) atoms. The third-order valence-corrected chi connectivity index (χ3v) is 7.30.